The highest BCUT2D eigenvalue weighted by Crippen LogP contribution is 2.25. The lowest BCUT2D eigenvalue weighted by atomic mass is 10.2. The van der Waals surface area contributed by atoms with Crippen molar-refractivity contribution in [3.05, 3.63) is 52.5 Å². The first-order chi connectivity index (χ1) is 13.4. The molecule has 0 aliphatic heterocycles. The predicted molar refractivity (Wildman–Crippen MR) is 107 cm³/mol. The summed E-state index contributed by atoms with van der Waals surface area (Å²) in [6, 6.07) is 11.4. The summed E-state index contributed by atoms with van der Waals surface area (Å²) in [5.74, 6) is -0.999. The van der Waals surface area contributed by atoms with E-state index in [0.29, 0.717) is 22.1 Å². The summed E-state index contributed by atoms with van der Waals surface area (Å²) in [6.07, 6.45) is -0.293. The van der Waals surface area contributed by atoms with Gasteiger partial charge < -0.3 is 20.1 Å². The van der Waals surface area contributed by atoms with Gasteiger partial charge in [0.25, 0.3) is 5.91 Å². The van der Waals surface area contributed by atoms with E-state index in [0.717, 1.165) is 0 Å². The Balaban J connectivity index is 1.71. The van der Waals surface area contributed by atoms with Crippen LogP contribution in [0.3, 0.4) is 0 Å². The van der Waals surface area contributed by atoms with Crippen molar-refractivity contribution < 1.29 is 23.9 Å². The van der Waals surface area contributed by atoms with E-state index in [-0.39, 0.29) is 17.9 Å². The minimum atomic E-state index is -0.668. The van der Waals surface area contributed by atoms with E-state index < -0.39 is 24.4 Å². The maximum atomic E-state index is 11.9. The highest BCUT2D eigenvalue weighted by Gasteiger charge is 2.12. The van der Waals surface area contributed by atoms with E-state index in [2.05, 4.69) is 10.6 Å². The van der Waals surface area contributed by atoms with Gasteiger partial charge in [0.1, 0.15) is 5.75 Å². The molecule has 0 aromatic heterocycles. The third kappa shape index (κ3) is 7.09. The molecule has 0 saturated heterocycles. The third-order valence-corrected chi connectivity index (χ3v) is 4.03. The molecule has 0 aliphatic carbocycles. The molecule has 148 valence electrons. The number of carbonyl (C=O) groups is 3. The maximum Gasteiger partial charge on any atom is 0.306 e. The van der Waals surface area contributed by atoms with Crippen LogP contribution in [0.25, 0.3) is 0 Å². The Morgan fingerprint density at radius 3 is 2.46 bits per heavy atom. The second kappa shape index (κ2) is 10.5. The summed E-state index contributed by atoms with van der Waals surface area (Å²) in [6.45, 7) is -0.458. The van der Waals surface area contributed by atoms with Gasteiger partial charge in [0.05, 0.1) is 24.2 Å². The summed E-state index contributed by atoms with van der Waals surface area (Å²) in [4.78, 5) is 35.4. The lowest BCUT2D eigenvalue weighted by Crippen LogP contribution is -2.21. The smallest absolute Gasteiger partial charge is 0.306 e. The summed E-state index contributed by atoms with van der Waals surface area (Å²) < 4.78 is 9.92. The number of halogens is 2. The number of ether oxygens (including phenoxy) is 2. The van der Waals surface area contributed by atoms with Gasteiger partial charge in [-0.3, -0.25) is 14.4 Å². The van der Waals surface area contributed by atoms with Crippen molar-refractivity contribution >= 4 is 52.4 Å². The molecule has 2 aromatic carbocycles. The van der Waals surface area contributed by atoms with E-state index in [1.54, 1.807) is 36.4 Å². The summed E-state index contributed by atoms with van der Waals surface area (Å²) in [5.41, 5.74) is 0.904. The molecule has 9 heteroatoms. The first kappa shape index (κ1) is 21.5. The Kier molecular flexibility index (Phi) is 8.10. The van der Waals surface area contributed by atoms with Crippen LogP contribution in [0.2, 0.25) is 10.0 Å². The first-order valence-corrected chi connectivity index (χ1v) is 8.97. The van der Waals surface area contributed by atoms with Gasteiger partial charge in [0.2, 0.25) is 5.91 Å². The molecule has 28 heavy (non-hydrogen) atoms. The fraction of sp³-hybridized carbons (Fsp3) is 0.211. The van der Waals surface area contributed by atoms with Crippen LogP contribution in [-0.4, -0.2) is 31.5 Å². The standard InChI is InChI=1S/C19H18Cl2N2O5/c1-27-14-4-2-3-13(10-14)22-18(25)11-28-19(26)8-7-17(24)23-16-6-5-12(20)9-15(16)21/h2-6,9-10H,7-8,11H2,1H3,(H,22,25)(H,23,24). The van der Waals surface area contributed by atoms with Gasteiger partial charge in [-0.1, -0.05) is 29.3 Å². The summed E-state index contributed by atoms with van der Waals surface area (Å²) in [5, 5.41) is 5.88. The molecule has 0 fully saturated rings. The Morgan fingerprint density at radius 2 is 1.75 bits per heavy atom. The number of benzene rings is 2. The molecule has 0 bridgehead atoms. The molecule has 2 aromatic rings. The number of methoxy groups -OCH3 is 1. The Bertz CT molecular complexity index is 873. The van der Waals surface area contributed by atoms with Gasteiger partial charge >= 0.3 is 5.97 Å². The number of rotatable bonds is 8. The molecule has 0 atom stereocenters. The van der Waals surface area contributed by atoms with Crippen LogP contribution in [0.4, 0.5) is 11.4 Å². The zero-order chi connectivity index (χ0) is 20.5. The SMILES string of the molecule is COc1cccc(NC(=O)COC(=O)CCC(=O)Nc2ccc(Cl)cc2Cl)c1. The molecule has 2 rings (SSSR count). The van der Waals surface area contributed by atoms with Crippen molar-refractivity contribution in [2.24, 2.45) is 0 Å². The van der Waals surface area contributed by atoms with Crippen molar-refractivity contribution in [1.29, 1.82) is 0 Å². The third-order valence-electron chi connectivity index (χ3n) is 3.48. The van der Waals surface area contributed by atoms with E-state index in [4.69, 9.17) is 32.7 Å². The minimum absolute atomic E-state index is 0.116. The number of hydrogen-bond acceptors (Lipinski definition) is 5. The normalized spacial score (nSPS) is 10.1. The fourth-order valence-corrected chi connectivity index (χ4v) is 2.59. The van der Waals surface area contributed by atoms with Gasteiger partial charge in [-0.05, 0) is 30.3 Å². The van der Waals surface area contributed by atoms with Crippen LogP contribution in [-0.2, 0) is 19.1 Å². The van der Waals surface area contributed by atoms with Gasteiger partial charge in [-0.2, -0.15) is 0 Å². The monoisotopic (exact) mass is 424 g/mol. The van der Waals surface area contributed by atoms with Gasteiger partial charge in [-0.25, -0.2) is 0 Å². The van der Waals surface area contributed by atoms with E-state index in [9.17, 15) is 14.4 Å². The van der Waals surface area contributed by atoms with Crippen LogP contribution >= 0.6 is 23.2 Å². The predicted octanol–water partition coefficient (Wildman–Crippen LogP) is 3.90. The molecule has 7 nitrogen and oxygen atoms in total. The molecule has 0 saturated carbocycles. The highest BCUT2D eigenvalue weighted by molar-refractivity contribution is 6.36. The lowest BCUT2D eigenvalue weighted by Gasteiger charge is -2.09. The molecule has 0 radical (unpaired) electrons. The van der Waals surface area contributed by atoms with Crippen LogP contribution in [0, 0.1) is 0 Å². The Labute approximate surface area is 171 Å². The largest absolute Gasteiger partial charge is 0.497 e. The van der Waals surface area contributed by atoms with E-state index in [1.807, 2.05) is 0 Å². The summed E-state index contributed by atoms with van der Waals surface area (Å²) >= 11 is 11.7. The number of hydrogen-bond donors (Lipinski definition) is 2. The van der Waals surface area contributed by atoms with Crippen LogP contribution < -0.4 is 15.4 Å². The topological polar surface area (TPSA) is 93.7 Å². The molecular formula is C19H18Cl2N2O5. The van der Waals surface area contributed by atoms with Gasteiger partial charge in [0, 0.05) is 23.2 Å². The van der Waals surface area contributed by atoms with Crippen molar-refractivity contribution in [3.8, 4) is 5.75 Å². The number of amides is 2. The van der Waals surface area contributed by atoms with Gasteiger partial charge in [-0.15, -0.1) is 0 Å². The summed E-state index contributed by atoms with van der Waals surface area (Å²) in [7, 11) is 1.51. The maximum absolute atomic E-state index is 11.9. The molecule has 2 amide bonds. The van der Waals surface area contributed by atoms with Crippen LogP contribution in [0.1, 0.15) is 12.8 Å². The Morgan fingerprint density at radius 1 is 0.964 bits per heavy atom. The average Bonchev–Trinajstić information content (AvgIpc) is 2.67. The lowest BCUT2D eigenvalue weighted by molar-refractivity contribution is -0.147. The first-order valence-electron chi connectivity index (χ1n) is 8.22. The molecule has 0 aliphatic rings. The number of nitrogens with one attached hydrogen (secondary N) is 2. The van der Waals surface area contributed by atoms with Crippen molar-refractivity contribution in [3.63, 3.8) is 0 Å². The second-order valence-electron chi connectivity index (χ2n) is 5.61. The fourth-order valence-electron chi connectivity index (χ4n) is 2.14. The minimum Gasteiger partial charge on any atom is -0.497 e. The number of anilines is 2. The zero-order valence-electron chi connectivity index (χ0n) is 15.0. The van der Waals surface area contributed by atoms with E-state index >= 15 is 0 Å². The quantitative estimate of drug-likeness (QED) is 0.626. The van der Waals surface area contributed by atoms with E-state index in [1.165, 1.54) is 13.2 Å². The highest BCUT2D eigenvalue weighted by atomic mass is 35.5. The average molecular weight is 425 g/mol. The number of carbonyl (C=O) groups excluding carboxylic acids is 3. The zero-order valence-corrected chi connectivity index (χ0v) is 16.5. The van der Waals surface area contributed by atoms with Crippen LogP contribution in [0.15, 0.2) is 42.5 Å². The number of esters is 1. The molecule has 0 heterocycles. The van der Waals surface area contributed by atoms with Crippen LogP contribution in [0.5, 0.6) is 5.75 Å². The van der Waals surface area contributed by atoms with Gasteiger partial charge in [0.15, 0.2) is 6.61 Å². The van der Waals surface area contributed by atoms with Crippen molar-refractivity contribution in [2.45, 2.75) is 12.8 Å². The molecule has 0 spiro atoms. The van der Waals surface area contributed by atoms with Crippen molar-refractivity contribution in [1.82, 2.24) is 0 Å². The van der Waals surface area contributed by atoms with Crippen molar-refractivity contribution in [2.75, 3.05) is 24.4 Å². The molecular weight excluding hydrogens is 407 g/mol. The molecule has 2 N–H and O–H groups in total. The molecule has 0 unspecified atom stereocenters. The second-order valence-corrected chi connectivity index (χ2v) is 6.46. The Hall–Kier alpha value is -2.77.